The van der Waals surface area contributed by atoms with E-state index in [1.807, 2.05) is 24.3 Å². The number of benzene rings is 1. The van der Waals surface area contributed by atoms with Crippen molar-refractivity contribution in [3.8, 4) is 5.75 Å². The highest BCUT2D eigenvalue weighted by Crippen LogP contribution is 2.40. The summed E-state index contributed by atoms with van der Waals surface area (Å²) >= 11 is 0. The molecular formula is C11H15NO2. The molecule has 1 aromatic carbocycles. The summed E-state index contributed by atoms with van der Waals surface area (Å²) in [5, 5.41) is 9.25. The van der Waals surface area contributed by atoms with E-state index < -0.39 is 0 Å². The van der Waals surface area contributed by atoms with Crippen molar-refractivity contribution in [2.45, 2.75) is 18.6 Å². The molecule has 0 amide bonds. The van der Waals surface area contributed by atoms with Gasteiger partial charge in [0.15, 0.2) is 0 Å². The van der Waals surface area contributed by atoms with Crippen molar-refractivity contribution in [3.63, 3.8) is 0 Å². The third-order valence-corrected chi connectivity index (χ3v) is 2.77. The number of rotatable bonds is 3. The van der Waals surface area contributed by atoms with Crippen LogP contribution in [0.5, 0.6) is 5.75 Å². The van der Waals surface area contributed by atoms with Crippen LogP contribution in [0.2, 0.25) is 0 Å². The first kappa shape index (κ1) is 9.49. The molecule has 1 aliphatic rings. The van der Waals surface area contributed by atoms with Gasteiger partial charge in [0.05, 0.1) is 13.2 Å². The number of hydrogen-bond acceptors (Lipinski definition) is 3. The number of aliphatic hydroxyl groups is 1. The summed E-state index contributed by atoms with van der Waals surface area (Å²) in [5.41, 5.74) is 7.04. The first-order valence-electron chi connectivity index (χ1n) is 4.80. The third-order valence-electron chi connectivity index (χ3n) is 2.77. The smallest absolute Gasteiger partial charge is 0.118 e. The zero-order valence-electron chi connectivity index (χ0n) is 8.18. The topological polar surface area (TPSA) is 55.5 Å². The Kier molecular flexibility index (Phi) is 2.44. The van der Waals surface area contributed by atoms with Gasteiger partial charge in [-0.15, -0.1) is 0 Å². The lowest BCUT2D eigenvalue weighted by molar-refractivity contribution is 0.251. The van der Waals surface area contributed by atoms with Gasteiger partial charge in [-0.3, -0.25) is 0 Å². The number of methoxy groups -OCH3 is 1. The maximum atomic E-state index is 9.25. The van der Waals surface area contributed by atoms with Gasteiger partial charge in [0.2, 0.25) is 0 Å². The van der Waals surface area contributed by atoms with E-state index in [1.165, 1.54) is 0 Å². The summed E-state index contributed by atoms with van der Waals surface area (Å²) in [4.78, 5) is 0. The Hall–Kier alpha value is -1.06. The maximum absolute atomic E-state index is 9.25. The number of ether oxygens (including phenoxy) is 1. The summed E-state index contributed by atoms with van der Waals surface area (Å²) in [6, 6.07) is 7.65. The van der Waals surface area contributed by atoms with Crippen LogP contribution in [0.25, 0.3) is 0 Å². The minimum atomic E-state index is -0.202. The minimum absolute atomic E-state index is 0.0455. The van der Waals surface area contributed by atoms with E-state index in [-0.39, 0.29) is 18.1 Å². The largest absolute Gasteiger partial charge is 0.497 e. The summed E-state index contributed by atoms with van der Waals surface area (Å²) in [6.45, 7) is 0. The molecule has 3 atom stereocenters. The monoisotopic (exact) mass is 193 g/mol. The van der Waals surface area contributed by atoms with Gasteiger partial charge in [-0.25, -0.2) is 0 Å². The molecule has 0 saturated heterocycles. The third kappa shape index (κ3) is 1.74. The second-order valence-electron chi connectivity index (χ2n) is 3.77. The molecule has 0 bridgehead atoms. The van der Waals surface area contributed by atoms with Crippen molar-refractivity contribution >= 4 is 0 Å². The number of aliphatic hydroxyl groups excluding tert-OH is 1. The van der Waals surface area contributed by atoms with E-state index in [2.05, 4.69) is 0 Å². The lowest BCUT2D eigenvalue weighted by Crippen LogP contribution is -2.14. The first-order valence-corrected chi connectivity index (χ1v) is 4.80. The first-order chi connectivity index (χ1) is 6.72. The van der Waals surface area contributed by atoms with Crippen molar-refractivity contribution < 1.29 is 9.84 Å². The molecule has 0 radical (unpaired) electrons. The van der Waals surface area contributed by atoms with Gasteiger partial charge in [-0.05, 0) is 24.1 Å². The van der Waals surface area contributed by atoms with Crippen molar-refractivity contribution in [3.05, 3.63) is 29.8 Å². The molecule has 0 spiro atoms. The molecule has 1 aromatic rings. The van der Waals surface area contributed by atoms with E-state index in [4.69, 9.17) is 10.5 Å². The molecule has 14 heavy (non-hydrogen) atoms. The van der Waals surface area contributed by atoms with E-state index >= 15 is 0 Å². The highest BCUT2D eigenvalue weighted by Gasteiger charge is 2.40. The Morgan fingerprint density at radius 2 is 2.00 bits per heavy atom. The van der Waals surface area contributed by atoms with E-state index in [9.17, 15) is 5.11 Å². The molecule has 3 N–H and O–H groups in total. The maximum Gasteiger partial charge on any atom is 0.118 e. The molecule has 1 fully saturated rings. The molecule has 3 heteroatoms. The summed E-state index contributed by atoms with van der Waals surface area (Å²) < 4.78 is 5.06. The van der Waals surface area contributed by atoms with Gasteiger partial charge in [0, 0.05) is 12.0 Å². The molecular weight excluding hydrogens is 178 g/mol. The molecule has 1 unspecified atom stereocenters. The van der Waals surface area contributed by atoms with Gasteiger partial charge in [-0.1, -0.05) is 12.1 Å². The molecule has 3 nitrogen and oxygen atoms in total. The van der Waals surface area contributed by atoms with E-state index in [0.29, 0.717) is 0 Å². The van der Waals surface area contributed by atoms with E-state index in [0.717, 1.165) is 17.7 Å². The zero-order chi connectivity index (χ0) is 10.1. The highest BCUT2D eigenvalue weighted by molar-refractivity contribution is 5.30. The normalized spacial score (nSPS) is 27.1. The molecule has 0 aromatic heterocycles. The summed E-state index contributed by atoms with van der Waals surface area (Å²) in [7, 11) is 1.64. The predicted molar refractivity (Wildman–Crippen MR) is 54.0 cm³/mol. The standard InChI is InChI=1S/C11H15NO2/c1-14-8-4-2-7(3-5-8)11(12)9-6-10(9)13/h2-5,9-11,13H,6,12H2,1H3/t9-,10+,11?/m0/s1. The number of nitrogens with two attached hydrogens (primary N) is 1. The number of hydrogen-bond donors (Lipinski definition) is 2. The summed E-state index contributed by atoms with van der Waals surface area (Å²) in [6.07, 6.45) is 0.625. The Morgan fingerprint density at radius 3 is 2.43 bits per heavy atom. The van der Waals surface area contributed by atoms with Crippen molar-refractivity contribution in [1.29, 1.82) is 0 Å². The quantitative estimate of drug-likeness (QED) is 0.755. The molecule has 2 rings (SSSR count). The second-order valence-corrected chi connectivity index (χ2v) is 3.77. The van der Waals surface area contributed by atoms with Crippen LogP contribution < -0.4 is 10.5 Å². The zero-order valence-corrected chi connectivity index (χ0v) is 8.18. The average molecular weight is 193 g/mol. The van der Waals surface area contributed by atoms with Gasteiger partial charge < -0.3 is 15.6 Å². The molecule has 1 aliphatic carbocycles. The van der Waals surface area contributed by atoms with E-state index in [1.54, 1.807) is 7.11 Å². The predicted octanol–water partition coefficient (Wildman–Crippen LogP) is 1.08. The fourth-order valence-electron chi connectivity index (χ4n) is 1.66. The lowest BCUT2D eigenvalue weighted by atomic mass is 10.0. The van der Waals surface area contributed by atoms with Crippen LogP contribution in [-0.2, 0) is 0 Å². The van der Waals surface area contributed by atoms with Crippen molar-refractivity contribution in [2.24, 2.45) is 11.7 Å². The molecule has 0 heterocycles. The average Bonchev–Trinajstić information content (AvgIpc) is 2.95. The van der Waals surface area contributed by atoms with Crippen LogP contribution in [0.4, 0.5) is 0 Å². The van der Waals surface area contributed by atoms with Gasteiger partial charge in [0.25, 0.3) is 0 Å². The van der Waals surface area contributed by atoms with Crippen LogP contribution >= 0.6 is 0 Å². The Labute approximate surface area is 83.5 Å². The molecule has 0 aliphatic heterocycles. The van der Waals surface area contributed by atoms with Crippen LogP contribution in [-0.4, -0.2) is 18.3 Å². The van der Waals surface area contributed by atoms with Crippen molar-refractivity contribution in [1.82, 2.24) is 0 Å². The minimum Gasteiger partial charge on any atom is -0.497 e. The fourth-order valence-corrected chi connectivity index (χ4v) is 1.66. The van der Waals surface area contributed by atoms with Crippen LogP contribution in [0, 0.1) is 5.92 Å². The van der Waals surface area contributed by atoms with Gasteiger partial charge in [0.1, 0.15) is 5.75 Å². The highest BCUT2D eigenvalue weighted by atomic mass is 16.5. The van der Waals surface area contributed by atoms with Crippen LogP contribution in [0.1, 0.15) is 18.0 Å². The SMILES string of the molecule is COc1ccc(C(N)[C@H]2C[C@H]2O)cc1. The molecule has 76 valence electrons. The van der Waals surface area contributed by atoms with Crippen LogP contribution in [0.3, 0.4) is 0 Å². The van der Waals surface area contributed by atoms with Crippen LogP contribution in [0.15, 0.2) is 24.3 Å². The van der Waals surface area contributed by atoms with Crippen molar-refractivity contribution in [2.75, 3.05) is 7.11 Å². The Morgan fingerprint density at radius 1 is 1.43 bits per heavy atom. The van der Waals surface area contributed by atoms with Gasteiger partial charge >= 0.3 is 0 Å². The Bertz CT molecular complexity index is 310. The van der Waals surface area contributed by atoms with Gasteiger partial charge in [-0.2, -0.15) is 0 Å². The molecule has 1 saturated carbocycles. The summed E-state index contributed by atoms with van der Waals surface area (Å²) in [5.74, 6) is 1.07. The fraction of sp³-hybridized carbons (Fsp3) is 0.455. The lowest BCUT2D eigenvalue weighted by Gasteiger charge is -2.11. The Balaban J connectivity index is 2.08. The second kappa shape index (κ2) is 3.59.